The molecule has 308 valence electrons. The summed E-state index contributed by atoms with van der Waals surface area (Å²) >= 11 is 0. The zero-order valence-corrected chi connectivity index (χ0v) is 36.1. The smallest absolute Gasteiger partial charge is 0.0553 e. The van der Waals surface area contributed by atoms with Gasteiger partial charge >= 0.3 is 0 Å². The molecule has 0 saturated heterocycles. The minimum absolute atomic E-state index is 1.12. The van der Waals surface area contributed by atoms with E-state index in [1.54, 1.807) is 0 Å². The first-order valence-corrected chi connectivity index (χ1v) is 22.7. The van der Waals surface area contributed by atoms with Crippen molar-refractivity contribution in [3.8, 4) is 50.2 Å². The number of fused-ring (bicyclic) bond motifs is 4. The summed E-state index contributed by atoms with van der Waals surface area (Å²) in [6.07, 6.45) is 0. The summed E-state index contributed by atoms with van der Waals surface area (Å²) in [4.78, 5) is 2.32. The molecule has 0 N–H and O–H groups in total. The van der Waals surface area contributed by atoms with E-state index in [4.69, 9.17) is 0 Å². The van der Waals surface area contributed by atoms with E-state index in [2.05, 4.69) is 264 Å². The number of nitrogens with zero attached hydrogens (tertiary/aromatic N) is 2. The van der Waals surface area contributed by atoms with E-state index in [9.17, 15) is 0 Å². The van der Waals surface area contributed by atoms with Crippen molar-refractivity contribution in [2.45, 2.75) is 0 Å². The molecule has 2 heteroatoms. The van der Waals surface area contributed by atoms with Crippen molar-refractivity contribution in [2.24, 2.45) is 0 Å². The second-order valence-electron chi connectivity index (χ2n) is 17.3. The van der Waals surface area contributed by atoms with Crippen molar-refractivity contribution in [1.82, 2.24) is 4.57 Å². The number of rotatable bonds is 8. The Morgan fingerprint density at radius 3 is 1.35 bits per heavy atom. The molecule has 13 aromatic rings. The van der Waals surface area contributed by atoms with E-state index in [1.807, 2.05) is 0 Å². The van der Waals surface area contributed by atoms with Gasteiger partial charge in [0.15, 0.2) is 0 Å². The number of aromatic nitrogens is 1. The minimum atomic E-state index is 1.12. The summed E-state index contributed by atoms with van der Waals surface area (Å²) < 4.78 is 2.48. The zero-order valence-electron chi connectivity index (χ0n) is 36.1. The molecule has 0 aliphatic heterocycles. The molecule has 1 aromatic heterocycles. The predicted molar refractivity (Wildman–Crippen MR) is 281 cm³/mol. The van der Waals surface area contributed by atoms with Crippen LogP contribution >= 0.6 is 0 Å². The number of anilines is 3. The highest BCUT2D eigenvalue weighted by Crippen LogP contribution is 2.46. The molecule has 2 nitrogen and oxygen atoms in total. The Balaban J connectivity index is 0.994. The average Bonchev–Trinajstić information content (AvgIpc) is 3.73. The topological polar surface area (TPSA) is 8.17 Å². The van der Waals surface area contributed by atoms with Gasteiger partial charge in [-0.05, 0) is 156 Å². The van der Waals surface area contributed by atoms with Gasteiger partial charge in [-0.25, -0.2) is 0 Å². The summed E-state index contributed by atoms with van der Waals surface area (Å²) in [6, 6.07) is 93.1. The lowest BCUT2D eigenvalue weighted by Gasteiger charge is -2.25. The van der Waals surface area contributed by atoms with E-state index in [1.165, 1.54) is 98.6 Å². The Hall–Kier alpha value is -8.72. The lowest BCUT2D eigenvalue weighted by molar-refractivity contribution is 1.18. The van der Waals surface area contributed by atoms with Crippen LogP contribution in [0, 0.1) is 0 Å². The largest absolute Gasteiger partial charge is 0.311 e. The first-order valence-electron chi connectivity index (χ1n) is 22.7. The quantitative estimate of drug-likeness (QED) is 0.138. The fourth-order valence-electron chi connectivity index (χ4n) is 10.4. The molecule has 13 rings (SSSR count). The maximum atomic E-state index is 2.48. The van der Waals surface area contributed by atoms with Gasteiger partial charge in [0, 0.05) is 33.5 Å². The van der Waals surface area contributed by atoms with E-state index >= 15 is 0 Å². The van der Waals surface area contributed by atoms with Crippen LogP contribution in [0.2, 0.25) is 0 Å². The molecule has 1 heterocycles. The van der Waals surface area contributed by atoms with Crippen molar-refractivity contribution < 1.29 is 0 Å². The van der Waals surface area contributed by atoms with Gasteiger partial charge in [0.1, 0.15) is 0 Å². The fourth-order valence-corrected chi connectivity index (χ4v) is 10.4. The van der Waals surface area contributed by atoms with Gasteiger partial charge in [0.2, 0.25) is 0 Å². The third-order valence-corrected chi connectivity index (χ3v) is 13.5. The second kappa shape index (κ2) is 15.5. The maximum Gasteiger partial charge on any atom is 0.0553 e. The molecule has 0 spiro atoms. The van der Waals surface area contributed by atoms with Crippen LogP contribution in [0.3, 0.4) is 0 Å². The third-order valence-electron chi connectivity index (χ3n) is 13.5. The van der Waals surface area contributed by atoms with Crippen LogP contribution in [0.1, 0.15) is 0 Å². The SMILES string of the molecule is c1ccc(-c2cc(-c3ccccc3)cc(-c3ccc4c5c6ccc7c(-c8ccc(N(c9ccccc9)c9ccccc9)cc8)ccc8ccc(cc5n(-c5ccccc5)c4c3)c6c87)c2)cc1. The molecule has 0 bridgehead atoms. The normalized spacial score (nSPS) is 11.6. The van der Waals surface area contributed by atoms with Crippen molar-refractivity contribution in [3.05, 3.63) is 255 Å². The van der Waals surface area contributed by atoms with Crippen LogP contribution in [-0.4, -0.2) is 4.57 Å². The van der Waals surface area contributed by atoms with Gasteiger partial charge < -0.3 is 9.47 Å². The Morgan fingerprint density at radius 2 is 0.727 bits per heavy atom. The monoisotopic (exact) mass is 838 g/mol. The molecule has 0 aliphatic rings. The van der Waals surface area contributed by atoms with Gasteiger partial charge in [-0.3, -0.25) is 0 Å². The van der Waals surface area contributed by atoms with Crippen molar-refractivity contribution in [1.29, 1.82) is 0 Å². The van der Waals surface area contributed by atoms with Crippen LogP contribution in [-0.2, 0) is 0 Å². The first-order chi connectivity index (χ1) is 32.7. The summed E-state index contributed by atoms with van der Waals surface area (Å²) in [5.41, 5.74) is 16.6. The van der Waals surface area contributed by atoms with E-state index in [-0.39, 0.29) is 0 Å². The molecule has 0 unspecified atom stereocenters. The summed E-state index contributed by atoms with van der Waals surface area (Å²) in [5, 5.41) is 10.2. The van der Waals surface area contributed by atoms with Crippen molar-refractivity contribution in [3.63, 3.8) is 0 Å². The molecule has 0 atom stereocenters. The first kappa shape index (κ1) is 37.8. The third kappa shape index (κ3) is 6.26. The predicted octanol–water partition coefficient (Wildman–Crippen LogP) is 17.8. The standard InChI is InChI=1S/C64H42N2/c1-6-16-43(17-7-1)49-38-50(44-18-8-2-9-19-44)40-51(39-49)47-31-35-58-60(41-47)66(54-24-14-5-15-25-54)61-42-48-27-26-46-30-34-56(57-36-37-59(64(58)61)63(48)62(46)57)45-28-32-55(33-29-45)65(52-20-10-3-11-21-52)53-22-12-4-13-23-53/h1-42H. The summed E-state index contributed by atoms with van der Waals surface area (Å²) in [6.45, 7) is 0. The van der Waals surface area contributed by atoms with Gasteiger partial charge in [0.05, 0.1) is 11.0 Å². The molecule has 0 aliphatic carbocycles. The van der Waals surface area contributed by atoms with Gasteiger partial charge in [-0.2, -0.15) is 0 Å². The number of hydrogen-bond donors (Lipinski definition) is 0. The molecule has 0 radical (unpaired) electrons. The minimum Gasteiger partial charge on any atom is -0.311 e. The summed E-state index contributed by atoms with van der Waals surface area (Å²) in [5.74, 6) is 0. The lowest BCUT2D eigenvalue weighted by Crippen LogP contribution is -2.09. The van der Waals surface area contributed by atoms with Gasteiger partial charge in [0.25, 0.3) is 0 Å². The van der Waals surface area contributed by atoms with Crippen LogP contribution in [0.5, 0.6) is 0 Å². The highest BCUT2D eigenvalue weighted by Gasteiger charge is 2.21. The molecule has 0 saturated carbocycles. The van der Waals surface area contributed by atoms with Crippen molar-refractivity contribution >= 4 is 71.2 Å². The average molecular weight is 839 g/mol. The fraction of sp³-hybridized carbons (Fsp3) is 0. The number of benzene rings is 12. The molecule has 12 aromatic carbocycles. The Morgan fingerprint density at radius 1 is 0.258 bits per heavy atom. The van der Waals surface area contributed by atoms with Crippen LogP contribution in [0.25, 0.3) is 104 Å². The molecule has 66 heavy (non-hydrogen) atoms. The maximum absolute atomic E-state index is 2.48. The zero-order chi connectivity index (χ0) is 43.6. The van der Waals surface area contributed by atoms with Crippen LogP contribution < -0.4 is 4.90 Å². The van der Waals surface area contributed by atoms with Crippen LogP contribution in [0.4, 0.5) is 17.1 Å². The molecular formula is C64H42N2. The van der Waals surface area contributed by atoms with Gasteiger partial charge in [-0.15, -0.1) is 0 Å². The highest BCUT2D eigenvalue weighted by molar-refractivity contribution is 6.34. The van der Waals surface area contributed by atoms with Crippen molar-refractivity contribution in [2.75, 3.05) is 4.90 Å². The summed E-state index contributed by atoms with van der Waals surface area (Å²) in [7, 11) is 0. The van der Waals surface area contributed by atoms with E-state index in [0.29, 0.717) is 0 Å². The molecule has 0 amide bonds. The lowest BCUT2D eigenvalue weighted by atomic mass is 9.88. The number of para-hydroxylation sites is 3. The molecular weight excluding hydrogens is 797 g/mol. The molecule has 0 fully saturated rings. The second-order valence-corrected chi connectivity index (χ2v) is 17.3. The van der Waals surface area contributed by atoms with Gasteiger partial charge in [-0.1, -0.05) is 176 Å². The Bertz CT molecular complexity index is 3780. The highest BCUT2D eigenvalue weighted by atomic mass is 15.1. The number of hydrogen-bond acceptors (Lipinski definition) is 1. The van der Waals surface area contributed by atoms with E-state index in [0.717, 1.165) is 22.7 Å². The Labute approximate surface area is 383 Å². The Kier molecular flexibility index (Phi) is 8.89. The van der Waals surface area contributed by atoms with Crippen LogP contribution in [0.15, 0.2) is 255 Å². The van der Waals surface area contributed by atoms with E-state index < -0.39 is 0 Å².